The average Bonchev–Trinajstić information content (AvgIpc) is 3.17. The Morgan fingerprint density at radius 3 is 2.89 bits per heavy atom. The van der Waals surface area contributed by atoms with Crippen molar-refractivity contribution in [1.29, 1.82) is 0 Å². The molecule has 2 fully saturated rings. The van der Waals surface area contributed by atoms with Gasteiger partial charge in [-0.2, -0.15) is 0 Å². The summed E-state index contributed by atoms with van der Waals surface area (Å²) in [6, 6.07) is 0. The first-order chi connectivity index (χ1) is 13.0. The van der Waals surface area contributed by atoms with Crippen LogP contribution in [0.15, 0.2) is 23.8 Å². The highest BCUT2D eigenvalue weighted by molar-refractivity contribution is 5.69. The Kier molecular flexibility index (Phi) is 8.60. The lowest BCUT2D eigenvalue weighted by Crippen LogP contribution is -2.19. The Labute approximate surface area is 163 Å². The molecule has 0 aromatic carbocycles. The molecule has 0 radical (unpaired) electrons. The van der Waals surface area contributed by atoms with E-state index in [4.69, 9.17) is 0 Å². The van der Waals surface area contributed by atoms with Gasteiger partial charge in [-0.3, -0.25) is 4.79 Å². The van der Waals surface area contributed by atoms with E-state index in [1.165, 1.54) is 12.7 Å². The monoisotopic (exact) mass is 374 g/mol. The number of hydrogen-bond donors (Lipinski definition) is 2. The molecule has 0 aromatic heterocycles. The third kappa shape index (κ3) is 6.23. The van der Waals surface area contributed by atoms with Crippen molar-refractivity contribution in [2.45, 2.75) is 71.0 Å². The summed E-state index contributed by atoms with van der Waals surface area (Å²) in [5.74, 6) is 6.93. The van der Waals surface area contributed by atoms with E-state index >= 15 is 0 Å². The van der Waals surface area contributed by atoms with E-state index in [9.17, 15) is 15.0 Å². The normalized spacial score (nSPS) is 30.8. The van der Waals surface area contributed by atoms with Crippen molar-refractivity contribution in [3.8, 4) is 11.8 Å². The van der Waals surface area contributed by atoms with E-state index in [0.29, 0.717) is 24.7 Å². The van der Waals surface area contributed by atoms with Crippen molar-refractivity contribution < 1.29 is 19.7 Å². The number of carbonyl (C=O) groups excluding carboxylic acids is 1. The van der Waals surface area contributed by atoms with Crippen molar-refractivity contribution in [3.05, 3.63) is 23.8 Å². The summed E-state index contributed by atoms with van der Waals surface area (Å²) in [4.78, 5) is 11.2. The maximum atomic E-state index is 11.2. The van der Waals surface area contributed by atoms with Crippen LogP contribution in [0, 0.1) is 35.5 Å². The molecule has 0 saturated heterocycles. The van der Waals surface area contributed by atoms with Crippen LogP contribution in [0.4, 0.5) is 0 Å². The predicted octanol–water partition coefficient (Wildman–Crippen LogP) is 3.63. The van der Waals surface area contributed by atoms with Gasteiger partial charge < -0.3 is 14.9 Å². The van der Waals surface area contributed by atoms with Crippen molar-refractivity contribution in [2.24, 2.45) is 23.7 Å². The summed E-state index contributed by atoms with van der Waals surface area (Å²) in [5, 5.41) is 20.8. The fraction of sp³-hybridized carbons (Fsp3) is 0.696. The van der Waals surface area contributed by atoms with Crippen LogP contribution in [0.25, 0.3) is 0 Å². The second-order valence-corrected chi connectivity index (χ2v) is 8.03. The zero-order chi connectivity index (χ0) is 19.8. The van der Waals surface area contributed by atoms with E-state index in [1.54, 1.807) is 0 Å². The lowest BCUT2D eigenvalue weighted by atomic mass is 9.89. The Balaban J connectivity index is 1.87. The molecular formula is C23H34O4. The van der Waals surface area contributed by atoms with Gasteiger partial charge in [0.15, 0.2) is 0 Å². The van der Waals surface area contributed by atoms with Crippen LogP contribution in [-0.2, 0) is 9.53 Å². The lowest BCUT2D eigenvalue weighted by Gasteiger charge is -2.19. The quantitative estimate of drug-likeness (QED) is 0.295. The van der Waals surface area contributed by atoms with Crippen LogP contribution in [0.3, 0.4) is 0 Å². The largest absolute Gasteiger partial charge is 0.469 e. The molecule has 1 unspecified atom stereocenters. The van der Waals surface area contributed by atoms with Crippen LogP contribution in [0.1, 0.15) is 58.8 Å². The van der Waals surface area contributed by atoms with E-state index in [1.807, 2.05) is 26.0 Å². The topological polar surface area (TPSA) is 66.8 Å². The number of unbranched alkanes of at least 4 members (excludes halogenated alkanes) is 1. The predicted molar refractivity (Wildman–Crippen MR) is 107 cm³/mol. The minimum Gasteiger partial charge on any atom is -0.469 e. The van der Waals surface area contributed by atoms with Gasteiger partial charge in [0.05, 0.1) is 19.3 Å². The number of hydrogen-bond acceptors (Lipinski definition) is 4. The van der Waals surface area contributed by atoms with Gasteiger partial charge in [-0.25, -0.2) is 0 Å². The molecule has 0 aliphatic heterocycles. The van der Waals surface area contributed by atoms with E-state index in [2.05, 4.69) is 22.7 Å². The standard InChI is InChI=1S/C23H34O4/c1-4-5-8-16(2)21(24)12-11-19-20-14-17(13-18(20)15-22(19)25)9-6-7-10-23(26)27-3/h9,11-12,16,18-22,24-25H,6-8,10,13-15H2,1-3H3/b12-11+,17-9?/t16?,18-,19+,20-,21+,22+/m0/s1. The molecule has 0 spiro atoms. The Morgan fingerprint density at radius 1 is 1.41 bits per heavy atom. The second kappa shape index (κ2) is 10.7. The summed E-state index contributed by atoms with van der Waals surface area (Å²) < 4.78 is 4.67. The molecule has 0 bridgehead atoms. The maximum absolute atomic E-state index is 11.2. The van der Waals surface area contributed by atoms with E-state index in [-0.39, 0.29) is 23.9 Å². The molecule has 6 atom stereocenters. The van der Waals surface area contributed by atoms with Gasteiger partial charge >= 0.3 is 5.97 Å². The number of ether oxygens (including phenoxy) is 1. The number of rotatable bonds is 8. The van der Waals surface area contributed by atoms with Crippen LogP contribution >= 0.6 is 0 Å². The molecule has 2 aliphatic rings. The number of esters is 1. The number of aliphatic hydroxyl groups excluding tert-OH is 2. The van der Waals surface area contributed by atoms with Crippen LogP contribution in [-0.4, -0.2) is 35.5 Å². The van der Waals surface area contributed by atoms with E-state index in [0.717, 1.165) is 32.1 Å². The Morgan fingerprint density at radius 2 is 2.19 bits per heavy atom. The molecule has 2 aliphatic carbocycles. The summed E-state index contributed by atoms with van der Waals surface area (Å²) in [7, 11) is 1.42. The minimum absolute atomic E-state index is 0.0943. The summed E-state index contributed by atoms with van der Waals surface area (Å²) in [5.41, 5.74) is 1.45. The second-order valence-electron chi connectivity index (χ2n) is 8.03. The highest BCUT2D eigenvalue weighted by atomic mass is 16.5. The van der Waals surface area contributed by atoms with Crippen LogP contribution in [0.5, 0.6) is 0 Å². The van der Waals surface area contributed by atoms with E-state index < -0.39 is 6.10 Å². The molecule has 0 aromatic rings. The van der Waals surface area contributed by atoms with Gasteiger partial charge in [0.1, 0.15) is 0 Å². The maximum Gasteiger partial charge on any atom is 0.305 e. The number of allylic oxidation sites excluding steroid dienone is 2. The highest BCUT2D eigenvalue weighted by Gasteiger charge is 2.44. The molecule has 150 valence electrons. The molecular weight excluding hydrogens is 340 g/mol. The van der Waals surface area contributed by atoms with Crippen molar-refractivity contribution >= 4 is 5.97 Å². The van der Waals surface area contributed by atoms with Crippen molar-refractivity contribution in [2.75, 3.05) is 7.11 Å². The Bertz CT molecular complexity index is 610. The number of carbonyl (C=O) groups is 1. The molecule has 2 rings (SSSR count). The summed E-state index contributed by atoms with van der Waals surface area (Å²) in [6.45, 7) is 3.81. The first-order valence-corrected chi connectivity index (χ1v) is 10.1. The fourth-order valence-electron chi connectivity index (χ4n) is 4.41. The number of fused-ring (bicyclic) bond motifs is 1. The minimum atomic E-state index is -0.521. The van der Waals surface area contributed by atoms with Crippen molar-refractivity contribution in [1.82, 2.24) is 0 Å². The molecule has 27 heavy (non-hydrogen) atoms. The summed E-state index contributed by atoms with van der Waals surface area (Å²) >= 11 is 0. The third-order valence-corrected chi connectivity index (χ3v) is 6.07. The first kappa shape index (κ1) is 21.7. The van der Waals surface area contributed by atoms with Gasteiger partial charge in [0.25, 0.3) is 0 Å². The molecule has 0 heterocycles. The lowest BCUT2D eigenvalue weighted by molar-refractivity contribution is -0.140. The smallest absolute Gasteiger partial charge is 0.305 e. The van der Waals surface area contributed by atoms with Crippen molar-refractivity contribution in [3.63, 3.8) is 0 Å². The third-order valence-electron chi connectivity index (χ3n) is 6.07. The SMILES string of the molecule is CC#CCC(C)[C@H](O)/C=C/[C@@H]1[C@H]2CC(=CCCCC(=O)OC)C[C@H]2C[C@H]1O. The van der Waals surface area contributed by atoms with Crippen LogP contribution in [0.2, 0.25) is 0 Å². The molecule has 4 nitrogen and oxygen atoms in total. The molecule has 2 N–H and O–H groups in total. The number of aliphatic hydroxyl groups is 2. The highest BCUT2D eigenvalue weighted by Crippen LogP contribution is 2.50. The zero-order valence-electron chi connectivity index (χ0n) is 16.9. The number of methoxy groups -OCH3 is 1. The average molecular weight is 375 g/mol. The van der Waals surface area contributed by atoms with Gasteiger partial charge in [0.2, 0.25) is 0 Å². The van der Waals surface area contributed by atoms with Gasteiger partial charge in [0, 0.05) is 18.8 Å². The van der Waals surface area contributed by atoms with Crippen LogP contribution < -0.4 is 0 Å². The van der Waals surface area contributed by atoms with Gasteiger partial charge in [-0.15, -0.1) is 11.8 Å². The van der Waals surface area contributed by atoms with Gasteiger partial charge in [-0.1, -0.05) is 30.7 Å². The molecule has 0 amide bonds. The molecule has 4 heteroatoms. The summed E-state index contributed by atoms with van der Waals surface area (Å²) in [6.07, 6.45) is 11.1. The fourth-order valence-corrected chi connectivity index (χ4v) is 4.41. The Hall–Kier alpha value is -1.57. The zero-order valence-corrected chi connectivity index (χ0v) is 16.9. The van der Waals surface area contributed by atoms with Gasteiger partial charge in [-0.05, 0) is 56.8 Å². The molecule has 2 saturated carbocycles. The first-order valence-electron chi connectivity index (χ1n) is 10.1.